The summed E-state index contributed by atoms with van der Waals surface area (Å²) >= 11 is 0. The molecular weight excluding hydrogens is 420 g/mol. The van der Waals surface area contributed by atoms with Gasteiger partial charge in [0.15, 0.2) is 5.76 Å². The zero-order valence-electron chi connectivity index (χ0n) is 18.7. The highest BCUT2D eigenvalue weighted by atomic mass is 16.5. The molecule has 33 heavy (non-hydrogen) atoms. The van der Waals surface area contributed by atoms with Gasteiger partial charge in [-0.05, 0) is 25.5 Å². The highest BCUT2D eigenvalue weighted by Crippen LogP contribution is 2.32. The van der Waals surface area contributed by atoms with E-state index in [0.29, 0.717) is 44.1 Å². The third kappa shape index (κ3) is 4.49. The molecule has 0 saturated carbocycles. The average molecular weight is 449 g/mol. The van der Waals surface area contributed by atoms with Gasteiger partial charge < -0.3 is 14.3 Å². The number of pyridine rings is 1. The number of amides is 1. The highest BCUT2D eigenvalue weighted by Gasteiger charge is 2.38. The number of carbonyl (C=O) groups is 1. The van der Waals surface area contributed by atoms with E-state index in [1.807, 2.05) is 37.3 Å². The van der Waals surface area contributed by atoms with Crippen molar-refractivity contribution in [3.8, 4) is 0 Å². The van der Waals surface area contributed by atoms with Gasteiger partial charge in [-0.3, -0.25) is 14.7 Å². The SMILES string of the molecule is Cc1cc(CN2CCOCC2)oc1C(=O)N1N=C(c2cccnc2)CC1C1=C(O)CCC=C1. The van der Waals surface area contributed by atoms with E-state index >= 15 is 0 Å². The fourth-order valence-electron chi connectivity index (χ4n) is 4.54. The van der Waals surface area contributed by atoms with Crippen molar-refractivity contribution < 1.29 is 19.1 Å². The van der Waals surface area contributed by atoms with E-state index in [-0.39, 0.29) is 5.91 Å². The van der Waals surface area contributed by atoms with Crippen LogP contribution in [-0.2, 0) is 11.3 Å². The fourth-order valence-corrected chi connectivity index (χ4v) is 4.54. The lowest BCUT2D eigenvalue weighted by molar-refractivity contribution is 0.0309. The van der Waals surface area contributed by atoms with Crippen LogP contribution in [-0.4, -0.2) is 64.0 Å². The van der Waals surface area contributed by atoms with Crippen molar-refractivity contribution in [1.29, 1.82) is 0 Å². The Hall–Kier alpha value is -3.23. The number of hydrogen-bond donors (Lipinski definition) is 1. The second kappa shape index (κ2) is 9.33. The molecule has 172 valence electrons. The molecule has 2 aromatic heterocycles. The van der Waals surface area contributed by atoms with E-state index in [4.69, 9.17) is 9.15 Å². The minimum Gasteiger partial charge on any atom is -0.512 e. The highest BCUT2D eigenvalue weighted by molar-refractivity contribution is 6.05. The number of hydrogen-bond acceptors (Lipinski definition) is 7. The van der Waals surface area contributed by atoms with Gasteiger partial charge in [-0.15, -0.1) is 0 Å². The van der Waals surface area contributed by atoms with Crippen molar-refractivity contribution in [2.24, 2.45) is 5.10 Å². The molecule has 0 spiro atoms. The fraction of sp³-hybridized carbons (Fsp3) is 0.400. The Balaban J connectivity index is 1.44. The number of aromatic nitrogens is 1. The average Bonchev–Trinajstić information content (AvgIpc) is 3.44. The molecule has 8 nitrogen and oxygen atoms in total. The Labute approximate surface area is 192 Å². The minimum absolute atomic E-state index is 0.291. The van der Waals surface area contributed by atoms with Crippen LogP contribution in [0.15, 0.2) is 63.6 Å². The molecule has 1 saturated heterocycles. The summed E-state index contributed by atoms with van der Waals surface area (Å²) < 4.78 is 11.5. The summed E-state index contributed by atoms with van der Waals surface area (Å²) in [6, 6.07) is 5.32. The first-order valence-electron chi connectivity index (χ1n) is 11.4. The number of aliphatic hydroxyl groups excluding tert-OH is 1. The normalized spacial score (nSPS) is 21.5. The van der Waals surface area contributed by atoms with Crippen LogP contribution >= 0.6 is 0 Å². The Morgan fingerprint density at radius 1 is 1.30 bits per heavy atom. The summed E-state index contributed by atoms with van der Waals surface area (Å²) in [6.07, 6.45) is 9.24. The Morgan fingerprint density at radius 3 is 2.91 bits per heavy atom. The van der Waals surface area contributed by atoms with Gasteiger partial charge >= 0.3 is 5.91 Å². The van der Waals surface area contributed by atoms with Crippen molar-refractivity contribution >= 4 is 11.6 Å². The molecule has 0 bridgehead atoms. The Morgan fingerprint density at radius 2 is 2.15 bits per heavy atom. The molecule has 0 radical (unpaired) electrons. The van der Waals surface area contributed by atoms with Crippen molar-refractivity contribution in [2.75, 3.05) is 26.3 Å². The van der Waals surface area contributed by atoms with Crippen LogP contribution < -0.4 is 0 Å². The van der Waals surface area contributed by atoms with Crippen LogP contribution in [0.3, 0.4) is 0 Å². The van der Waals surface area contributed by atoms with E-state index < -0.39 is 6.04 Å². The van der Waals surface area contributed by atoms with Gasteiger partial charge in [-0.2, -0.15) is 5.10 Å². The van der Waals surface area contributed by atoms with Crippen LogP contribution in [0.1, 0.15) is 46.7 Å². The topological polar surface area (TPSA) is 91.4 Å². The quantitative estimate of drug-likeness (QED) is 0.752. The molecule has 1 fully saturated rings. The maximum absolute atomic E-state index is 13.7. The number of furan rings is 1. The summed E-state index contributed by atoms with van der Waals surface area (Å²) in [4.78, 5) is 20.1. The standard InChI is InChI=1S/C25H28N4O4/c1-17-13-19(16-28-9-11-32-12-10-28)33-24(17)25(31)29-22(20-6-2-3-7-23(20)30)14-21(27-29)18-5-4-8-26-15-18/h2,4-6,8,13,15,22,30H,3,7,9-12,14,16H2,1H3. The van der Waals surface area contributed by atoms with E-state index in [0.717, 1.165) is 47.7 Å². The number of nitrogens with zero attached hydrogens (tertiary/aromatic N) is 4. The monoisotopic (exact) mass is 448 g/mol. The Kier molecular flexibility index (Phi) is 6.11. The molecule has 1 N–H and O–H groups in total. The van der Waals surface area contributed by atoms with Crippen LogP contribution in [0.5, 0.6) is 0 Å². The summed E-state index contributed by atoms with van der Waals surface area (Å²) in [5, 5.41) is 16.7. The van der Waals surface area contributed by atoms with Crippen molar-refractivity contribution in [3.63, 3.8) is 0 Å². The zero-order chi connectivity index (χ0) is 22.8. The summed E-state index contributed by atoms with van der Waals surface area (Å²) in [7, 11) is 0. The van der Waals surface area contributed by atoms with E-state index in [9.17, 15) is 9.90 Å². The van der Waals surface area contributed by atoms with Gasteiger partial charge in [-0.25, -0.2) is 5.01 Å². The lowest BCUT2D eigenvalue weighted by Gasteiger charge is -2.25. The lowest BCUT2D eigenvalue weighted by atomic mass is 9.93. The predicted octanol–water partition coefficient (Wildman–Crippen LogP) is 3.60. The van der Waals surface area contributed by atoms with E-state index in [2.05, 4.69) is 15.0 Å². The second-order valence-corrected chi connectivity index (χ2v) is 8.61. The van der Waals surface area contributed by atoms with Crippen LogP contribution in [0.2, 0.25) is 0 Å². The van der Waals surface area contributed by atoms with E-state index in [1.165, 1.54) is 5.01 Å². The van der Waals surface area contributed by atoms with Crippen molar-refractivity contribution in [3.05, 3.63) is 76.7 Å². The molecular formula is C25H28N4O4. The number of morpholine rings is 1. The number of ether oxygens (including phenoxy) is 1. The van der Waals surface area contributed by atoms with Gasteiger partial charge in [0, 0.05) is 55.0 Å². The first-order chi connectivity index (χ1) is 16.1. The van der Waals surface area contributed by atoms with Gasteiger partial charge in [-0.1, -0.05) is 18.2 Å². The summed E-state index contributed by atoms with van der Waals surface area (Å²) in [5.74, 6) is 1.06. The number of hydrazone groups is 1. The van der Waals surface area contributed by atoms with Gasteiger partial charge in [0.2, 0.25) is 0 Å². The molecule has 4 heterocycles. The largest absolute Gasteiger partial charge is 0.512 e. The maximum Gasteiger partial charge on any atom is 0.310 e. The molecule has 0 aromatic carbocycles. The molecule has 1 aliphatic carbocycles. The molecule has 2 aliphatic heterocycles. The van der Waals surface area contributed by atoms with Gasteiger partial charge in [0.05, 0.1) is 37.3 Å². The third-order valence-corrected chi connectivity index (χ3v) is 6.30. The lowest BCUT2D eigenvalue weighted by Crippen LogP contribution is -2.35. The van der Waals surface area contributed by atoms with E-state index in [1.54, 1.807) is 12.4 Å². The Bertz CT molecular complexity index is 1110. The molecule has 5 rings (SSSR count). The molecule has 1 unspecified atom stereocenters. The van der Waals surface area contributed by atoms with Crippen molar-refractivity contribution in [1.82, 2.24) is 14.9 Å². The second-order valence-electron chi connectivity index (χ2n) is 8.61. The number of carbonyl (C=O) groups excluding carboxylic acids is 1. The molecule has 2 aromatic rings. The predicted molar refractivity (Wildman–Crippen MR) is 123 cm³/mol. The summed E-state index contributed by atoms with van der Waals surface area (Å²) in [6.45, 7) is 5.62. The first-order valence-corrected chi connectivity index (χ1v) is 11.4. The minimum atomic E-state index is -0.392. The zero-order valence-corrected chi connectivity index (χ0v) is 18.7. The number of allylic oxidation sites excluding steroid dienone is 2. The molecule has 1 amide bonds. The first kappa shape index (κ1) is 21.6. The smallest absolute Gasteiger partial charge is 0.310 e. The molecule has 3 aliphatic rings. The maximum atomic E-state index is 13.7. The third-order valence-electron chi connectivity index (χ3n) is 6.30. The summed E-state index contributed by atoms with van der Waals surface area (Å²) in [5.41, 5.74) is 3.14. The van der Waals surface area contributed by atoms with Gasteiger partial charge in [0.1, 0.15) is 5.76 Å². The van der Waals surface area contributed by atoms with Crippen LogP contribution in [0.25, 0.3) is 0 Å². The van der Waals surface area contributed by atoms with Crippen LogP contribution in [0.4, 0.5) is 0 Å². The van der Waals surface area contributed by atoms with Gasteiger partial charge in [0.25, 0.3) is 0 Å². The molecule has 1 atom stereocenters. The van der Waals surface area contributed by atoms with Crippen LogP contribution in [0, 0.1) is 6.92 Å². The molecule has 8 heteroatoms. The number of aryl methyl sites for hydroxylation is 1. The number of rotatable bonds is 5. The van der Waals surface area contributed by atoms with Crippen molar-refractivity contribution in [2.45, 2.75) is 38.8 Å². The number of aliphatic hydroxyl groups is 1.